The third kappa shape index (κ3) is 2.83. The molecule has 1 aromatic carbocycles. The van der Waals surface area contributed by atoms with Crippen LogP contribution >= 0.6 is 0 Å². The minimum absolute atomic E-state index is 0.214. The molecule has 8 heteroatoms. The SMILES string of the molecule is Nc1ccc2c(c1)CCCC2NC(=O)c1[nH]c(=O)[nH]c(=O)c1N. The van der Waals surface area contributed by atoms with Gasteiger partial charge in [-0.3, -0.25) is 14.6 Å². The first kappa shape index (κ1) is 14.9. The number of benzene rings is 1. The van der Waals surface area contributed by atoms with Crippen molar-refractivity contribution in [2.24, 2.45) is 0 Å². The number of anilines is 2. The first-order valence-corrected chi connectivity index (χ1v) is 7.27. The van der Waals surface area contributed by atoms with Gasteiger partial charge in [-0.25, -0.2) is 4.79 Å². The second-order valence-corrected chi connectivity index (χ2v) is 5.57. The topological polar surface area (TPSA) is 147 Å². The van der Waals surface area contributed by atoms with Crippen LogP contribution in [0.4, 0.5) is 11.4 Å². The number of carbonyl (C=O) groups is 1. The lowest BCUT2D eigenvalue weighted by Gasteiger charge is -2.26. The number of nitrogen functional groups attached to an aromatic ring is 2. The van der Waals surface area contributed by atoms with Gasteiger partial charge in [-0.2, -0.15) is 0 Å². The number of aryl methyl sites for hydroxylation is 1. The van der Waals surface area contributed by atoms with Gasteiger partial charge in [0.05, 0.1) is 6.04 Å². The predicted octanol–water partition coefficient (Wildman–Crippen LogP) is 0.0350. The lowest BCUT2D eigenvalue weighted by Crippen LogP contribution is -2.36. The Morgan fingerprint density at radius 1 is 1.22 bits per heavy atom. The number of nitrogens with two attached hydrogens (primary N) is 2. The monoisotopic (exact) mass is 315 g/mol. The highest BCUT2D eigenvalue weighted by Gasteiger charge is 2.24. The van der Waals surface area contributed by atoms with Crippen LogP contribution in [0.25, 0.3) is 0 Å². The van der Waals surface area contributed by atoms with Gasteiger partial charge in [-0.05, 0) is 42.5 Å². The van der Waals surface area contributed by atoms with Crippen molar-refractivity contribution in [3.05, 3.63) is 55.9 Å². The summed E-state index contributed by atoms with van der Waals surface area (Å²) in [5.41, 5.74) is 12.0. The van der Waals surface area contributed by atoms with E-state index in [4.69, 9.17) is 11.5 Å². The molecule has 23 heavy (non-hydrogen) atoms. The molecule has 1 aliphatic carbocycles. The van der Waals surface area contributed by atoms with Crippen LogP contribution in [0.15, 0.2) is 27.8 Å². The molecule has 1 amide bonds. The second kappa shape index (κ2) is 5.64. The number of carbonyl (C=O) groups excluding carboxylic acids is 1. The van der Waals surface area contributed by atoms with Crippen LogP contribution in [0.1, 0.15) is 40.5 Å². The maximum Gasteiger partial charge on any atom is 0.326 e. The Labute approximate surface area is 130 Å². The van der Waals surface area contributed by atoms with E-state index >= 15 is 0 Å². The summed E-state index contributed by atoms with van der Waals surface area (Å²) >= 11 is 0. The van der Waals surface area contributed by atoms with Gasteiger partial charge in [0.15, 0.2) is 0 Å². The molecule has 0 saturated carbocycles. The lowest BCUT2D eigenvalue weighted by molar-refractivity contribution is 0.0928. The zero-order chi connectivity index (χ0) is 16.6. The van der Waals surface area contributed by atoms with Gasteiger partial charge in [0.2, 0.25) is 0 Å². The Kier molecular flexibility index (Phi) is 3.65. The number of hydrogen-bond donors (Lipinski definition) is 5. The predicted molar refractivity (Wildman–Crippen MR) is 86.1 cm³/mol. The van der Waals surface area contributed by atoms with E-state index in [1.807, 2.05) is 17.1 Å². The molecule has 3 rings (SSSR count). The molecule has 1 unspecified atom stereocenters. The van der Waals surface area contributed by atoms with Crippen molar-refractivity contribution in [1.82, 2.24) is 15.3 Å². The summed E-state index contributed by atoms with van der Waals surface area (Å²) in [5.74, 6) is -0.583. The Morgan fingerprint density at radius 2 is 2.00 bits per heavy atom. The first-order chi connectivity index (χ1) is 11.0. The van der Waals surface area contributed by atoms with Gasteiger partial charge in [-0.1, -0.05) is 6.07 Å². The van der Waals surface area contributed by atoms with E-state index in [1.54, 1.807) is 6.07 Å². The molecule has 0 aliphatic heterocycles. The summed E-state index contributed by atoms with van der Waals surface area (Å²) in [4.78, 5) is 39.5. The second-order valence-electron chi connectivity index (χ2n) is 5.57. The lowest BCUT2D eigenvalue weighted by atomic mass is 9.87. The Balaban J connectivity index is 1.91. The molecule has 8 nitrogen and oxygen atoms in total. The van der Waals surface area contributed by atoms with Crippen LogP contribution in [0.2, 0.25) is 0 Å². The molecule has 0 spiro atoms. The highest BCUT2D eigenvalue weighted by atomic mass is 16.2. The number of aromatic nitrogens is 2. The summed E-state index contributed by atoms with van der Waals surface area (Å²) < 4.78 is 0. The molecule has 2 aromatic rings. The standard InChI is InChI=1S/C15H17N5O3/c16-8-4-5-9-7(6-8)2-1-3-10(9)18-14(22)12-11(17)13(21)20-15(23)19-12/h4-6,10H,1-3,16-17H2,(H,18,22)(H2,19,20,21,23). The van der Waals surface area contributed by atoms with Gasteiger partial charge in [-0.15, -0.1) is 0 Å². The molecule has 1 heterocycles. The number of fused-ring (bicyclic) bond motifs is 1. The van der Waals surface area contributed by atoms with Crippen LogP contribution in [0.3, 0.4) is 0 Å². The van der Waals surface area contributed by atoms with E-state index in [9.17, 15) is 14.4 Å². The fourth-order valence-corrected chi connectivity index (χ4v) is 2.89. The zero-order valence-electron chi connectivity index (χ0n) is 12.3. The molecule has 0 fully saturated rings. The molecule has 0 bridgehead atoms. The number of amides is 1. The van der Waals surface area contributed by atoms with Crippen molar-refractivity contribution in [2.45, 2.75) is 25.3 Å². The van der Waals surface area contributed by atoms with Crippen molar-refractivity contribution >= 4 is 17.3 Å². The minimum atomic E-state index is -0.782. The van der Waals surface area contributed by atoms with Crippen LogP contribution in [0, 0.1) is 0 Å². The Bertz CT molecular complexity index is 883. The average molecular weight is 315 g/mol. The number of hydrogen-bond acceptors (Lipinski definition) is 5. The average Bonchev–Trinajstić information content (AvgIpc) is 2.50. The highest BCUT2D eigenvalue weighted by Crippen LogP contribution is 2.31. The molecule has 1 atom stereocenters. The molecule has 0 saturated heterocycles. The number of nitrogens with one attached hydrogen (secondary N) is 3. The van der Waals surface area contributed by atoms with Crippen molar-refractivity contribution in [3.63, 3.8) is 0 Å². The van der Waals surface area contributed by atoms with Gasteiger partial charge in [0.1, 0.15) is 11.4 Å². The maximum absolute atomic E-state index is 12.4. The largest absolute Gasteiger partial charge is 0.399 e. The van der Waals surface area contributed by atoms with Gasteiger partial charge < -0.3 is 21.8 Å². The third-order valence-electron chi connectivity index (χ3n) is 3.99. The minimum Gasteiger partial charge on any atom is -0.399 e. The van der Waals surface area contributed by atoms with Crippen molar-refractivity contribution < 1.29 is 4.79 Å². The molecule has 120 valence electrons. The molecular formula is C15H17N5O3. The van der Waals surface area contributed by atoms with Gasteiger partial charge >= 0.3 is 5.69 Å². The number of aromatic amines is 2. The molecule has 1 aromatic heterocycles. The summed E-state index contributed by atoms with van der Waals surface area (Å²) in [7, 11) is 0. The van der Waals surface area contributed by atoms with E-state index in [2.05, 4.69) is 10.3 Å². The van der Waals surface area contributed by atoms with Gasteiger partial charge in [0.25, 0.3) is 11.5 Å². The van der Waals surface area contributed by atoms with E-state index in [0.717, 1.165) is 30.4 Å². The fraction of sp³-hybridized carbons (Fsp3) is 0.267. The van der Waals surface area contributed by atoms with E-state index in [1.165, 1.54) is 0 Å². The summed E-state index contributed by atoms with van der Waals surface area (Å²) in [6, 6.07) is 5.36. The first-order valence-electron chi connectivity index (χ1n) is 7.27. The summed E-state index contributed by atoms with van der Waals surface area (Å²) in [5, 5.41) is 2.82. The third-order valence-corrected chi connectivity index (χ3v) is 3.99. The van der Waals surface area contributed by atoms with Crippen molar-refractivity contribution in [3.8, 4) is 0 Å². The van der Waals surface area contributed by atoms with Crippen LogP contribution in [-0.4, -0.2) is 15.9 Å². The van der Waals surface area contributed by atoms with E-state index in [-0.39, 0.29) is 17.4 Å². The molecule has 0 radical (unpaired) electrons. The Morgan fingerprint density at radius 3 is 2.78 bits per heavy atom. The van der Waals surface area contributed by atoms with Gasteiger partial charge in [0, 0.05) is 5.69 Å². The maximum atomic E-state index is 12.4. The zero-order valence-corrected chi connectivity index (χ0v) is 12.3. The highest BCUT2D eigenvalue weighted by molar-refractivity contribution is 5.97. The van der Waals surface area contributed by atoms with E-state index in [0.29, 0.717) is 5.69 Å². The van der Waals surface area contributed by atoms with Crippen LogP contribution in [0.5, 0.6) is 0 Å². The smallest absolute Gasteiger partial charge is 0.326 e. The van der Waals surface area contributed by atoms with Crippen molar-refractivity contribution in [1.29, 1.82) is 0 Å². The Hall–Kier alpha value is -3.03. The number of rotatable bonds is 2. The van der Waals surface area contributed by atoms with Crippen LogP contribution < -0.4 is 28.0 Å². The van der Waals surface area contributed by atoms with E-state index < -0.39 is 17.2 Å². The number of H-pyrrole nitrogens is 2. The normalized spacial score (nSPS) is 16.6. The fourth-order valence-electron chi connectivity index (χ4n) is 2.89. The summed E-state index contributed by atoms with van der Waals surface area (Å²) in [6.45, 7) is 0. The van der Waals surface area contributed by atoms with Crippen LogP contribution in [-0.2, 0) is 6.42 Å². The molecule has 7 N–H and O–H groups in total. The van der Waals surface area contributed by atoms with Crippen molar-refractivity contribution in [2.75, 3.05) is 11.5 Å². The molecular weight excluding hydrogens is 298 g/mol. The quantitative estimate of drug-likeness (QED) is 0.496. The summed E-state index contributed by atoms with van der Waals surface area (Å²) in [6.07, 6.45) is 2.56. The molecule has 1 aliphatic rings.